The maximum atomic E-state index is 13.2. The zero-order valence-corrected chi connectivity index (χ0v) is 19.9. The third kappa shape index (κ3) is 4.47. The van der Waals surface area contributed by atoms with Gasteiger partial charge in [0.15, 0.2) is 0 Å². The first-order chi connectivity index (χ1) is 17.2. The molecule has 2 aliphatic rings. The van der Waals surface area contributed by atoms with Gasteiger partial charge in [0.1, 0.15) is 24.5 Å². The van der Waals surface area contributed by atoms with Crippen LogP contribution in [0.3, 0.4) is 0 Å². The molecule has 0 radical (unpaired) electrons. The number of furan rings is 1. The number of amides is 4. The molecule has 11 heteroatoms. The van der Waals surface area contributed by atoms with Crippen molar-refractivity contribution in [2.45, 2.75) is 32.9 Å². The van der Waals surface area contributed by atoms with Crippen LogP contribution in [0, 0.1) is 5.92 Å². The highest BCUT2D eigenvalue weighted by atomic mass is 16.5. The number of hydrogen-bond donors (Lipinski definition) is 2. The first-order valence-corrected chi connectivity index (χ1v) is 11.4. The molecule has 36 heavy (non-hydrogen) atoms. The van der Waals surface area contributed by atoms with Crippen LogP contribution in [0.15, 0.2) is 58.3 Å². The highest BCUT2D eigenvalue weighted by Gasteiger charge is 2.45. The summed E-state index contributed by atoms with van der Waals surface area (Å²) in [7, 11) is 0. The van der Waals surface area contributed by atoms with Crippen LogP contribution in [0.1, 0.15) is 53.3 Å². The second-order valence-electron chi connectivity index (χ2n) is 8.48. The van der Waals surface area contributed by atoms with Gasteiger partial charge in [-0.2, -0.15) is 0 Å². The van der Waals surface area contributed by atoms with Crippen molar-refractivity contribution in [2.75, 3.05) is 13.2 Å². The zero-order valence-electron chi connectivity index (χ0n) is 19.9. The Morgan fingerprint density at radius 1 is 1.03 bits per heavy atom. The van der Waals surface area contributed by atoms with Crippen molar-refractivity contribution in [3.8, 4) is 0 Å². The molecule has 3 heterocycles. The lowest BCUT2D eigenvalue weighted by Crippen LogP contribution is -2.50. The van der Waals surface area contributed by atoms with Crippen LogP contribution in [0.4, 0.5) is 4.79 Å². The molecule has 2 N–H and O–H groups in total. The van der Waals surface area contributed by atoms with Gasteiger partial charge in [0.05, 0.1) is 35.3 Å². The van der Waals surface area contributed by atoms with Crippen LogP contribution in [0.25, 0.3) is 0 Å². The molecule has 1 aromatic carbocycles. The monoisotopic (exact) mass is 495 g/mol. The summed E-state index contributed by atoms with van der Waals surface area (Å²) in [5, 5.41) is 5.08. The van der Waals surface area contributed by atoms with Crippen molar-refractivity contribution in [1.82, 2.24) is 15.5 Å². The van der Waals surface area contributed by atoms with E-state index in [0.29, 0.717) is 0 Å². The van der Waals surface area contributed by atoms with Gasteiger partial charge in [0, 0.05) is 0 Å². The fraction of sp³-hybridized carbons (Fsp3) is 0.320. The number of urea groups is 1. The number of benzene rings is 1. The van der Waals surface area contributed by atoms with Gasteiger partial charge in [-0.3, -0.25) is 14.5 Å². The van der Waals surface area contributed by atoms with E-state index in [0.717, 1.165) is 4.90 Å². The molecule has 0 spiro atoms. The molecule has 0 saturated carbocycles. The summed E-state index contributed by atoms with van der Waals surface area (Å²) < 4.78 is 16.0. The summed E-state index contributed by atoms with van der Waals surface area (Å²) in [6.07, 6.45) is 1.39. The van der Waals surface area contributed by atoms with Crippen LogP contribution in [-0.2, 0) is 19.1 Å². The fourth-order valence-corrected chi connectivity index (χ4v) is 4.22. The van der Waals surface area contributed by atoms with E-state index in [2.05, 4.69) is 10.6 Å². The van der Waals surface area contributed by atoms with Gasteiger partial charge in [-0.25, -0.2) is 14.4 Å². The van der Waals surface area contributed by atoms with E-state index in [1.807, 2.05) is 0 Å². The lowest BCUT2D eigenvalue weighted by Gasteiger charge is -2.30. The normalized spacial score (nSPS) is 18.1. The van der Waals surface area contributed by atoms with E-state index in [1.165, 1.54) is 18.4 Å². The van der Waals surface area contributed by atoms with Crippen molar-refractivity contribution in [2.24, 2.45) is 5.92 Å². The molecule has 0 unspecified atom stereocenters. The van der Waals surface area contributed by atoms with Gasteiger partial charge in [0.2, 0.25) is 0 Å². The Kier molecular flexibility index (Phi) is 6.91. The van der Waals surface area contributed by atoms with Crippen molar-refractivity contribution < 1.29 is 37.9 Å². The maximum Gasteiger partial charge on any atom is 0.338 e. The first-order valence-electron chi connectivity index (χ1n) is 11.4. The number of carbonyl (C=O) groups is 5. The Balaban J connectivity index is 1.61. The van der Waals surface area contributed by atoms with Gasteiger partial charge in [-0.1, -0.05) is 26.0 Å². The largest absolute Gasteiger partial charge is 0.467 e. The number of esters is 2. The summed E-state index contributed by atoms with van der Waals surface area (Å²) in [5.41, 5.74) is 0.415. The number of nitrogens with one attached hydrogen (secondary N) is 2. The third-order valence-corrected chi connectivity index (χ3v) is 5.81. The number of fused-ring (bicyclic) bond motifs is 1. The van der Waals surface area contributed by atoms with E-state index < -0.39 is 54.4 Å². The molecule has 4 amide bonds. The Morgan fingerprint density at radius 2 is 1.69 bits per heavy atom. The molecular formula is C25H25N3O8. The second kappa shape index (κ2) is 10.1. The maximum absolute atomic E-state index is 13.2. The predicted octanol–water partition coefficient (Wildman–Crippen LogP) is 2.31. The van der Waals surface area contributed by atoms with Crippen LogP contribution < -0.4 is 10.6 Å². The lowest BCUT2D eigenvalue weighted by atomic mass is 10.00. The minimum absolute atomic E-state index is 0.000951. The molecule has 4 rings (SSSR count). The van der Waals surface area contributed by atoms with Gasteiger partial charge >= 0.3 is 18.0 Å². The fourth-order valence-electron chi connectivity index (χ4n) is 4.22. The number of carbonyl (C=O) groups excluding carboxylic acids is 5. The summed E-state index contributed by atoms with van der Waals surface area (Å²) in [6.45, 7) is 4.55. The molecule has 2 aromatic rings. The first kappa shape index (κ1) is 24.7. The van der Waals surface area contributed by atoms with Crippen molar-refractivity contribution in [1.29, 1.82) is 0 Å². The van der Waals surface area contributed by atoms with Crippen molar-refractivity contribution in [3.05, 3.63) is 70.8 Å². The number of ether oxygens (including phenoxy) is 2. The van der Waals surface area contributed by atoms with E-state index in [1.54, 1.807) is 45.0 Å². The highest BCUT2D eigenvalue weighted by Crippen LogP contribution is 2.30. The smallest absolute Gasteiger partial charge is 0.338 e. The standard InChI is InChI=1S/C25H25N3O8/c1-4-34-23(31)18-16(26-25(33)27-19(18)17-10-7-11-35-17)12-36-24(32)20(13(2)3)28-21(29)14-8-5-6-9-15(14)22(28)30/h5-11,13,19-20H,4,12H2,1-3H3,(H2,26,27,33)/t19-,20-/m1/s1. The molecule has 0 aliphatic carbocycles. The number of nitrogens with zero attached hydrogens (tertiary/aromatic N) is 1. The van der Waals surface area contributed by atoms with E-state index in [4.69, 9.17) is 13.9 Å². The summed E-state index contributed by atoms with van der Waals surface area (Å²) >= 11 is 0. The van der Waals surface area contributed by atoms with Crippen molar-refractivity contribution in [3.63, 3.8) is 0 Å². The molecular weight excluding hydrogens is 470 g/mol. The minimum atomic E-state index is -1.22. The summed E-state index contributed by atoms with van der Waals surface area (Å²) in [5.74, 6) is -2.98. The van der Waals surface area contributed by atoms with Crippen LogP contribution >= 0.6 is 0 Å². The Labute approximate surface area is 206 Å². The lowest BCUT2D eigenvalue weighted by molar-refractivity contribution is -0.149. The SMILES string of the molecule is CCOC(=O)C1=C(COC(=O)[C@@H](C(C)C)N2C(=O)c3ccccc3C2=O)NC(=O)N[C@@H]1c1ccco1. The Bertz CT molecular complexity index is 1210. The Morgan fingerprint density at radius 3 is 2.25 bits per heavy atom. The molecule has 0 fully saturated rings. The minimum Gasteiger partial charge on any atom is -0.467 e. The molecule has 188 valence electrons. The molecule has 2 aliphatic heterocycles. The number of hydrogen-bond acceptors (Lipinski definition) is 8. The molecule has 0 saturated heterocycles. The third-order valence-electron chi connectivity index (χ3n) is 5.81. The van der Waals surface area contributed by atoms with E-state index in [9.17, 15) is 24.0 Å². The van der Waals surface area contributed by atoms with Crippen LogP contribution in [-0.4, -0.2) is 53.9 Å². The molecule has 11 nitrogen and oxygen atoms in total. The van der Waals surface area contributed by atoms with Gasteiger partial charge < -0.3 is 24.5 Å². The van der Waals surface area contributed by atoms with Gasteiger partial charge in [-0.05, 0) is 37.1 Å². The quantitative estimate of drug-likeness (QED) is 0.419. The zero-order chi connectivity index (χ0) is 26.0. The van der Waals surface area contributed by atoms with Crippen LogP contribution in [0.5, 0.6) is 0 Å². The van der Waals surface area contributed by atoms with Crippen molar-refractivity contribution >= 4 is 29.8 Å². The number of imide groups is 1. The molecule has 1 aromatic heterocycles. The second-order valence-corrected chi connectivity index (χ2v) is 8.48. The Hall–Kier alpha value is -4.41. The average Bonchev–Trinajstić information content (AvgIpc) is 3.46. The average molecular weight is 495 g/mol. The summed E-state index contributed by atoms with van der Waals surface area (Å²) in [4.78, 5) is 65.1. The highest BCUT2D eigenvalue weighted by molar-refractivity contribution is 6.22. The predicted molar refractivity (Wildman–Crippen MR) is 123 cm³/mol. The topological polar surface area (TPSA) is 144 Å². The van der Waals surface area contributed by atoms with Gasteiger partial charge in [0.25, 0.3) is 11.8 Å². The van der Waals surface area contributed by atoms with E-state index in [-0.39, 0.29) is 34.8 Å². The molecule has 0 bridgehead atoms. The molecule has 2 atom stereocenters. The summed E-state index contributed by atoms with van der Waals surface area (Å²) in [6, 6.07) is 6.65. The van der Waals surface area contributed by atoms with Crippen LogP contribution in [0.2, 0.25) is 0 Å². The number of rotatable bonds is 8. The van der Waals surface area contributed by atoms with Gasteiger partial charge in [-0.15, -0.1) is 0 Å². The van der Waals surface area contributed by atoms with E-state index >= 15 is 0 Å².